The monoisotopic (exact) mass is 507 g/mol. The summed E-state index contributed by atoms with van der Waals surface area (Å²) in [5.41, 5.74) is 4.08. The van der Waals surface area contributed by atoms with Crippen LogP contribution >= 0.6 is 15.9 Å². The Bertz CT molecular complexity index is 1260. The van der Waals surface area contributed by atoms with Crippen LogP contribution in [0.3, 0.4) is 0 Å². The van der Waals surface area contributed by atoms with Gasteiger partial charge in [-0.1, -0.05) is 24.3 Å². The molecule has 3 N–H and O–H groups in total. The van der Waals surface area contributed by atoms with Gasteiger partial charge in [0.15, 0.2) is 11.5 Å². The van der Waals surface area contributed by atoms with Gasteiger partial charge in [-0.25, -0.2) is 5.43 Å². The molecule has 0 saturated heterocycles. The van der Waals surface area contributed by atoms with Crippen LogP contribution in [0.4, 0.5) is 0 Å². The fourth-order valence-electron chi connectivity index (χ4n) is 2.94. The summed E-state index contributed by atoms with van der Waals surface area (Å²) in [5, 5.41) is 16.2. The minimum Gasteiger partial charge on any atom is -0.507 e. The molecule has 33 heavy (non-hydrogen) atoms. The minimum absolute atomic E-state index is 0.00763. The molecule has 8 nitrogen and oxygen atoms in total. The van der Waals surface area contributed by atoms with Gasteiger partial charge >= 0.3 is 0 Å². The number of amides is 2. The molecule has 0 unspecified atom stereocenters. The van der Waals surface area contributed by atoms with Crippen molar-refractivity contribution in [1.29, 1.82) is 0 Å². The first kappa shape index (κ1) is 22.1. The first-order valence-electron chi connectivity index (χ1n) is 9.79. The van der Waals surface area contributed by atoms with Crippen molar-refractivity contribution in [3.05, 3.63) is 93.6 Å². The Balaban J connectivity index is 1.55. The third-order valence-corrected chi connectivity index (χ3v) is 5.22. The molecule has 9 heteroatoms. The Hall–Kier alpha value is -4.11. The topological polar surface area (TPSA) is 109 Å². The molecule has 3 aromatic rings. The number of hydrogen-bond acceptors (Lipinski definition) is 6. The average Bonchev–Trinajstić information content (AvgIpc) is 3.29. The number of aromatic hydroxyl groups is 1. The van der Waals surface area contributed by atoms with Crippen molar-refractivity contribution in [2.45, 2.75) is 0 Å². The van der Waals surface area contributed by atoms with Crippen molar-refractivity contribution < 1.29 is 24.2 Å². The molecular weight excluding hydrogens is 490 g/mol. The largest absolute Gasteiger partial charge is 0.507 e. The van der Waals surface area contributed by atoms with Crippen molar-refractivity contribution in [3.8, 4) is 17.2 Å². The summed E-state index contributed by atoms with van der Waals surface area (Å²) in [6, 6.07) is 18.5. The fraction of sp³-hybridized carbons (Fsp3) is 0.0417. The Morgan fingerprint density at radius 3 is 2.52 bits per heavy atom. The molecular formula is C24H18BrN3O5. The lowest BCUT2D eigenvalue weighted by Crippen LogP contribution is -2.32. The van der Waals surface area contributed by atoms with E-state index in [0.717, 1.165) is 0 Å². The van der Waals surface area contributed by atoms with E-state index in [9.17, 15) is 14.7 Å². The van der Waals surface area contributed by atoms with Gasteiger partial charge < -0.3 is 19.9 Å². The molecule has 0 fully saturated rings. The summed E-state index contributed by atoms with van der Waals surface area (Å²) >= 11 is 3.22. The number of halogens is 1. The van der Waals surface area contributed by atoms with Gasteiger partial charge in [-0.15, -0.1) is 0 Å². The Morgan fingerprint density at radius 2 is 1.73 bits per heavy atom. The van der Waals surface area contributed by atoms with E-state index in [1.54, 1.807) is 60.7 Å². The number of fused-ring (bicyclic) bond motifs is 1. The van der Waals surface area contributed by atoms with Crippen molar-refractivity contribution in [2.75, 3.05) is 6.79 Å². The molecule has 0 radical (unpaired) electrons. The third-order valence-electron chi connectivity index (χ3n) is 4.59. The quantitative estimate of drug-likeness (QED) is 0.267. The van der Waals surface area contributed by atoms with E-state index in [0.29, 0.717) is 32.7 Å². The molecule has 2 amide bonds. The molecule has 1 aliphatic rings. The molecule has 166 valence electrons. The maximum atomic E-state index is 12.8. The average molecular weight is 508 g/mol. The SMILES string of the molecule is O=C(NN=Cc1ccc(O)c(Br)c1)/C(=C/c1ccc2c(c1)OCO2)NC(=O)c1ccccc1. The molecule has 0 saturated carbocycles. The van der Waals surface area contributed by atoms with E-state index in [2.05, 4.69) is 31.8 Å². The molecule has 0 aliphatic carbocycles. The van der Waals surface area contributed by atoms with Crippen molar-refractivity contribution in [1.82, 2.24) is 10.7 Å². The predicted molar refractivity (Wildman–Crippen MR) is 126 cm³/mol. The van der Waals surface area contributed by atoms with Crippen LogP contribution in [0.2, 0.25) is 0 Å². The second-order valence-corrected chi connectivity index (χ2v) is 7.76. The van der Waals surface area contributed by atoms with Crippen LogP contribution in [0.15, 0.2) is 82.0 Å². The summed E-state index contributed by atoms with van der Waals surface area (Å²) < 4.78 is 11.2. The smallest absolute Gasteiger partial charge is 0.287 e. The van der Waals surface area contributed by atoms with Crippen molar-refractivity contribution in [3.63, 3.8) is 0 Å². The highest BCUT2D eigenvalue weighted by Gasteiger charge is 2.16. The maximum Gasteiger partial charge on any atom is 0.287 e. The standard InChI is InChI=1S/C24H18BrN3O5/c25-18-10-16(6-8-20(18)29)13-26-28-24(31)19(27-23(30)17-4-2-1-3-5-17)11-15-7-9-21-22(12-15)33-14-32-21/h1-13,29H,14H2,(H,27,30)(H,28,31)/b19-11-,26-13?. The lowest BCUT2D eigenvalue weighted by atomic mass is 10.1. The highest BCUT2D eigenvalue weighted by atomic mass is 79.9. The van der Waals surface area contributed by atoms with Crippen LogP contribution in [0, 0.1) is 0 Å². The number of phenols is 1. The van der Waals surface area contributed by atoms with Gasteiger partial charge in [-0.3, -0.25) is 9.59 Å². The number of nitrogens with zero attached hydrogens (tertiary/aromatic N) is 1. The number of nitrogens with one attached hydrogen (secondary N) is 2. The van der Waals surface area contributed by atoms with E-state index in [1.165, 1.54) is 18.4 Å². The second-order valence-electron chi connectivity index (χ2n) is 6.90. The van der Waals surface area contributed by atoms with Gasteiger partial charge in [0.2, 0.25) is 6.79 Å². The molecule has 1 aliphatic heterocycles. The number of phenolic OH excluding ortho intramolecular Hbond substituents is 1. The van der Waals surface area contributed by atoms with E-state index < -0.39 is 11.8 Å². The van der Waals surface area contributed by atoms with Gasteiger partial charge in [0, 0.05) is 5.56 Å². The number of hydrazone groups is 1. The second kappa shape index (κ2) is 10.0. The molecule has 0 aromatic heterocycles. The normalized spacial score (nSPS) is 12.6. The third kappa shape index (κ3) is 5.58. The zero-order valence-electron chi connectivity index (χ0n) is 17.1. The highest BCUT2D eigenvalue weighted by Crippen LogP contribution is 2.33. The first-order chi connectivity index (χ1) is 16.0. The summed E-state index contributed by atoms with van der Waals surface area (Å²) in [4.78, 5) is 25.5. The lowest BCUT2D eigenvalue weighted by Gasteiger charge is -2.09. The van der Waals surface area contributed by atoms with Crippen LogP contribution in [0.5, 0.6) is 17.2 Å². The number of carbonyl (C=O) groups excluding carboxylic acids is 2. The van der Waals surface area contributed by atoms with E-state index in [1.807, 2.05) is 0 Å². The maximum absolute atomic E-state index is 12.8. The molecule has 4 rings (SSSR count). The van der Waals surface area contributed by atoms with Crippen molar-refractivity contribution >= 4 is 40.0 Å². The Labute approximate surface area is 197 Å². The number of hydrogen-bond donors (Lipinski definition) is 3. The van der Waals surface area contributed by atoms with Crippen molar-refractivity contribution in [2.24, 2.45) is 5.10 Å². The first-order valence-corrected chi connectivity index (χ1v) is 10.6. The van der Waals surface area contributed by atoms with E-state index in [-0.39, 0.29) is 18.2 Å². The van der Waals surface area contributed by atoms with Crippen LogP contribution < -0.4 is 20.2 Å². The number of carbonyl (C=O) groups is 2. The molecule has 1 heterocycles. The molecule has 0 atom stereocenters. The van der Waals surface area contributed by atoms with Crippen LogP contribution in [0.25, 0.3) is 6.08 Å². The number of ether oxygens (including phenoxy) is 2. The summed E-state index contributed by atoms with van der Waals surface area (Å²) in [5.74, 6) is 0.189. The van der Waals surface area contributed by atoms with Gasteiger partial charge in [-0.05, 0) is 75.6 Å². The zero-order chi connectivity index (χ0) is 23.2. The minimum atomic E-state index is -0.619. The number of benzene rings is 3. The van der Waals surface area contributed by atoms with E-state index in [4.69, 9.17) is 9.47 Å². The summed E-state index contributed by atoms with van der Waals surface area (Å²) in [7, 11) is 0. The zero-order valence-corrected chi connectivity index (χ0v) is 18.7. The van der Waals surface area contributed by atoms with Gasteiger partial charge in [-0.2, -0.15) is 5.10 Å². The highest BCUT2D eigenvalue weighted by molar-refractivity contribution is 9.10. The van der Waals surface area contributed by atoms with Crippen LogP contribution in [-0.2, 0) is 4.79 Å². The van der Waals surface area contributed by atoms with Gasteiger partial charge in [0.1, 0.15) is 11.4 Å². The fourth-order valence-corrected chi connectivity index (χ4v) is 3.34. The van der Waals surface area contributed by atoms with Gasteiger partial charge in [0.25, 0.3) is 11.8 Å². The predicted octanol–water partition coefficient (Wildman–Crippen LogP) is 3.80. The lowest BCUT2D eigenvalue weighted by molar-refractivity contribution is -0.117. The summed E-state index contributed by atoms with van der Waals surface area (Å²) in [6.07, 6.45) is 2.93. The Morgan fingerprint density at radius 1 is 0.970 bits per heavy atom. The summed E-state index contributed by atoms with van der Waals surface area (Å²) in [6.45, 7) is 0.128. The number of rotatable bonds is 6. The molecule has 0 spiro atoms. The molecule has 3 aromatic carbocycles. The van der Waals surface area contributed by atoms with Gasteiger partial charge in [0.05, 0.1) is 10.7 Å². The Kier molecular flexibility index (Phi) is 6.70. The van der Waals surface area contributed by atoms with Crippen LogP contribution in [0.1, 0.15) is 21.5 Å². The van der Waals surface area contributed by atoms with Crippen LogP contribution in [-0.4, -0.2) is 29.9 Å². The molecule has 0 bridgehead atoms. The van der Waals surface area contributed by atoms with E-state index >= 15 is 0 Å².